The first-order valence-electron chi connectivity index (χ1n) is 13.5. The molecule has 0 N–H and O–H groups in total. The zero-order chi connectivity index (χ0) is 27.2. The van der Waals surface area contributed by atoms with Crippen molar-refractivity contribution < 1.29 is 0 Å². The smallest absolute Gasteiger partial charge is 0.163 e. The Morgan fingerprint density at radius 2 is 1.20 bits per heavy atom. The van der Waals surface area contributed by atoms with Gasteiger partial charge in [-0.15, -0.1) is 11.3 Å². The van der Waals surface area contributed by atoms with E-state index in [9.17, 15) is 0 Å². The molecule has 0 atom stereocenters. The first kappa shape index (κ1) is 23.6. The third-order valence-electron chi connectivity index (χ3n) is 7.45. The highest BCUT2D eigenvalue weighted by Crippen LogP contribution is 2.38. The Hall–Kier alpha value is -5.26. The standard InChI is InChI=1S/C36H22N4S/c1-3-8-24(9-4-1)34-37-22-38-35(40-34)28-16-18-30-26(20-28)12-7-13-29(30)27-15-14-23-17-19-32-33(31(23)21-27)41-36(39-32)25-10-5-2-6-11-25/h1-22H. The molecule has 0 spiro atoms. The van der Waals surface area contributed by atoms with Crippen LogP contribution in [0.15, 0.2) is 134 Å². The van der Waals surface area contributed by atoms with Crippen molar-refractivity contribution >= 4 is 43.1 Å². The fourth-order valence-electron chi connectivity index (χ4n) is 5.41. The van der Waals surface area contributed by atoms with E-state index in [1.54, 1.807) is 17.7 Å². The molecule has 0 aliphatic carbocycles. The van der Waals surface area contributed by atoms with E-state index >= 15 is 0 Å². The summed E-state index contributed by atoms with van der Waals surface area (Å²) < 4.78 is 1.22. The molecule has 0 aliphatic rings. The van der Waals surface area contributed by atoms with E-state index in [1.807, 2.05) is 36.4 Å². The number of benzene rings is 6. The maximum Gasteiger partial charge on any atom is 0.163 e. The van der Waals surface area contributed by atoms with Gasteiger partial charge in [0, 0.05) is 22.1 Å². The van der Waals surface area contributed by atoms with Gasteiger partial charge in [-0.2, -0.15) is 0 Å². The summed E-state index contributed by atoms with van der Waals surface area (Å²) in [5.74, 6) is 1.34. The lowest BCUT2D eigenvalue weighted by Gasteiger charge is -2.10. The van der Waals surface area contributed by atoms with Crippen LogP contribution in [0.5, 0.6) is 0 Å². The number of rotatable bonds is 4. The van der Waals surface area contributed by atoms with Crippen molar-refractivity contribution in [1.29, 1.82) is 0 Å². The van der Waals surface area contributed by atoms with Crippen molar-refractivity contribution in [2.75, 3.05) is 0 Å². The molecule has 0 saturated carbocycles. The molecule has 192 valence electrons. The quantitative estimate of drug-likeness (QED) is 0.222. The van der Waals surface area contributed by atoms with E-state index in [2.05, 4.69) is 101 Å². The van der Waals surface area contributed by atoms with Crippen LogP contribution in [0.4, 0.5) is 0 Å². The minimum Gasteiger partial charge on any atom is -0.236 e. The maximum atomic E-state index is 4.95. The summed E-state index contributed by atoms with van der Waals surface area (Å²) in [6.45, 7) is 0. The van der Waals surface area contributed by atoms with Gasteiger partial charge >= 0.3 is 0 Å². The van der Waals surface area contributed by atoms with E-state index in [0.717, 1.165) is 32.6 Å². The molecule has 0 radical (unpaired) electrons. The van der Waals surface area contributed by atoms with Crippen molar-refractivity contribution in [2.24, 2.45) is 0 Å². The highest BCUT2D eigenvalue weighted by Gasteiger charge is 2.13. The molecular formula is C36H22N4S. The Morgan fingerprint density at radius 3 is 2.02 bits per heavy atom. The van der Waals surface area contributed by atoms with E-state index in [1.165, 1.54) is 32.0 Å². The van der Waals surface area contributed by atoms with Gasteiger partial charge in [-0.25, -0.2) is 19.9 Å². The first-order valence-corrected chi connectivity index (χ1v) is 14.3. The monoisotopic (exact) mass is 542 g/mol. The number of hydrogen-bond acceptors (Lipinski definition) is 5. The lowest BCUT2D eigenvalue weighted by Crippen LogP contribution is -1.95. The lowest BCUT2D eigenvalue weighted by atomic mass is 9.95. The molecule has 0 saturated heterocycles. The summed E-state index contributed by atoms with van der Waals surface area (Å²) in [6, 6.07) is 44.4. The predicted octanol–water partition coefficient (Wildman–Crippen LogP) is 9.46. The van der Waals surface area contributed by atoms with Gasteiger partial charge in [0.2, 0.25) is 0 Å². The lowest BCUT2D eigenvalue weighted by molar-refractivity contribution is 1.07. The van der Waals surface area contributed by atoms with E-state index < -0.39 is 0 Å². The molecular weight excluding hydrogens is 520 g/mol. The fraction of sp³-hybridized carbons (Fsp3) is 0. The molecule has 2 heterocycles. The minimum atomic E-state index is 0.665. The molecule has 0 amide bonds. The molecule has 6 aromatic carbocycles. The number of hydrogen-bond donors (Lipinski definition) is 0. The summed E-state index contributed by atoms with van der Waals surface area (Å²) in [5, 5.41) is 5.83. The number of nitrogens with zero attached hydrogens (tertiary/aromatic N) is 4. The van der Waals surface area contributed by atoms with Crippen LogP contribution < -0.4 is 0 Å². The summed E-state index contributed by atoms with van der Waals surface area (Å²) in [6.07, 6.45) is 1.59. The number of fused-ring (bicyclic) bond motifs is 4. The third-order valence-corrected chi connectivity index (χ3v) is 8.60. The van der Waals surface area contributed by atoms with E-state index in [4.69, 9.17) is 9.97 Å². The van der Waals surface area contributed by atoms with Gasteiger partial charge in [0.1, 0.15) is 11.3 Å². The number of aromatic nitrogens is 4. The Bertz CT molecular complexity index is 2210. The van der Waals surface area contributed by atoms with E-state index in [0.29, 0.717) is 11.6 Å². The van der Waals surface area contributed by atoms with Gasteiger partial charge in [0.25, 0.3) is 0 Å². The van der Waals surface area contributed by atoms with Crippen molar-refractivity contribution in [3.05, 3.63) is 134 Å². The van der Waals surface area contributed by atoms with Crippen molar-refractivity contribution in [2.45, 2.75) is 0 Å². The summed E-state index contributed by atoms with van der Waals surface area (Å²) in [7, 11) is 0. The summed E-state index contributed by atoms with van der Waals surface area (Å²) in [4.78, 5) is 18.6. The SMILES string of the molecule is c1ccc(-c2ncnc(-c3ccc4c(-c5ccc6ccc7nc(-c8ccccc8)sc7c6c5)cccc4c3)n2)cc1. The van der Waals surface area contributed by atoms with Crippen molar-refractivity contribution in [1.82, 2.24) is 19.9 Å². The molecule has 2 aromatic heterocycles. The van der Waals surface area contributed by atoms with Crippen molar-refractivity contribution in [3.63, 3.8) is 0 Å². The maximum absolute atomic E-state index is 4.95. The van der Waals surface area contributed by atoms with Gasteiger partial charge in [0.05, 0.1) is 10.2 Å². The minimum absolute atomic E-state index is 0.665. The first-order chi connectivity index (χ1) is 20.3. The highest BCUT2D eigenvalue weighted by molar-refractivity contribution is 7.22. The van der Waals surface area contributed by atoms with Crippen LogP contribution in [0.2, 0.25) is 0 Å². The summed E-state index contributed by atoms with van der Waals surface area (Å²) in [5.41, 5.74) is 6.50. The fourth-order valence-corrected chi connectivity index (χ4v) is 6.51. The van der Waals surface area contributed by atoms with Crippen LogP contribution in [0.3, 0.4) is 0 Å². The average molecular weight is 543 g/mol. The van der Waals surface area contributed by atoms with Crippen LogP contribution in [-0.2, 0) is 0 Å². The Labute approximate surface area is 240 Å². The number of thiazole rings is 1. The van der Waals surface area contributed by atoms with Gasteiger partial charge in [-0.3, -0.25) is 0 Å². The largest absolute Gasteiger partial charge is 0.236 e. The topological polar surface area (TPSA) is 51.6 Å². The molecule has 0 unspecified atom stereocenters. The second-order valence-electron chi connectivity index (χ2n) is 9.97. The Kier molecular flexibility index (Phi) is 5.61. The van der Waals surface area contributed by atoms with Gasteiger partial charge < -0.3 is 0 Å². The van der Waals surface area contributed by atoms with Crippen LogP contribution in [0, 0.1) is 0 Å². The van der Waals surface area contributed by atoms with Gasteiger partial charge in [-0.05, 0) is 45.5 Å². The Morgan fingerprint density at radius 1 is 0.463 bits per heavy atom. The highest BCUT2D eigenvalue weighted by atomic mass is 32.1. The normalized spacial score (nSPS) is 11.4. The molecule has 0 fully saturated rings. The van der Waals surface area contributed by atoms with Crippen LogP contribution in [0.1, 0.15) is 0 Å². The van der Waals surface area contributed by atoms with Gasteiger partial charge in [-0.1, -0.05) is 109 Å². The Balaban J connectivity index is 1.22. The zero-order valence-electron chi connectivity index (χ0n) is 21.9. The van der Waals surface area contributed by atoms with Crippen LogP contribution in [0.25, 0.3) is 76.2 Å². The average Bonchev–Trinajstić information content (AvgIpc) is 3.50. The zero-order valence-corrected chi connectivity index (χ0v) is 22.7. The molecule has 8 rings (SSSR count). The van der Waals surface area contributed by atoms with Crippen LogP contribution >= 0.6 is 11.3 Å². The molecule has 4 nitrogen and oxygen atoms in total. The van der Waals surface area contributed by atoms with Crippen LogP contribution in [-0.4, -0.2) is 19.9 Å². The third kappa shape index (κ3) is 4.24. The van der Waals surface area contributed by atoms with Crippen molar-refractivity contribution in [3.8, 4) is 44.5 Å². The second-order valence-corrected chi connectivity index (χ2v) is 11.0. The van der Waals surface area contributed by atoms with E-state index in [-0.39, 0.29) is 0 Å². The summed E-state index contributed by atoms with van der Waals surface area (Å²) >= 11 is 1.76. The molecule has 0 bridgehead atoms. The second kappa shape index (κ2) is 9.73. The molecule has 8 aromatic rings. The van der Waals surface area contributed by atoms with Gasteiger partial charge in [0.15, 0.2) is 11.6 Å². The molecule has 5 heteroatoms. The molecule has 41 heavy (non-hydrogen) atoms. The molecule has 0 aliphatic heterocycles. The predicted molar refractivity (Wildman–Crippen MR) is 170 cm³/mol.